The predicted octanol–water partition coefficient (Wildman–Crippen LogP) is 3.94. The van der Waals surface area contributed by atoms with Gasteiger partial charge in [-0.3, -0.25) is 15.1 Å². The van der Waals surface area contributed by atoms with Gasteiger partial charge in [-0.2, -0.15) is 10.4 Å². The number of nitrogens with one attached hydrogen (secondary N) is 1. The minimum Gasteiger partial charge on any atom is -0.297 e. The van der Waals surface area contributed by atoms with E-state index >= 15 is 0 Å². The van der Waals surface area contributed by atoms with Crippen LogP contribution < -0.4 is 5.32 Å². The van der Waals surface area contributed by atoms with Gasteiger partial charge in [-0.05, 0) is 30.3 Å². The van der Waals surface area contributed by atoms with Crippen molar-refractivity contribution in [3.05, 3.63) is 83.8 Å². The number of pyridine rings is 1. The molecule has 4 aromatic rings. The number of carbonyl (C=O) groups is 1. The average Bonchev–Trinajstić information content (AvgIpc) is 3.43. The van der Waals surface area contributed by atoms with Crippen molar-refractivity contribution in [1.82, 2.24) is 19.7 Å². The number of nitriles is 1. The zero-order valence-corrected chi connectivity index (χ0v) is 15.9. The second-order valence-electron chi connectivity index (χ2n) is 5.92. The van der Waals surface area contributed by atoms with Crippen LogP contribution in [0.1, 0.15) is 5.56 Å². The minimum absolute atomic E-state index is 0.0436. The van der Waals surface area contributed by atoms with Gasteiger partial charge in [0.1, 0.15) is 17.3 Å². The Hall–Kier alpha value is -4.09. The van der Waals surface area contributed by atoms with Gasteiger partial charge in [-0.15, -0.1) is 11.3 Å². The average molecular weight is 398 g/mol. The molecule has 3 heterocycles. The summed E-state index contributed by atoms with van der Waals surface area (Å²) in [4.78, 5) is 20.7. The molecule has 0 aliphatic carbocycles. The molecule has 0 spiro atoms. The molecule has 3 aromatic heterocycles. The summed E-state index contributed by atoms with van der Waals surface area (Å²) in [5.41, 5.74) is 2.86. The van der Waals surface area contributed by atoms with E-state index in [0.29, 0.717) is 16.4 Å². The molecule has 4 rings (SSSR count). The lowest BCUT2D eigenvalue weighted by Crippen LogP contribution is -2.13. The largest absolute Gasteiger partial charge is 0.297 e. The van der Waals surface area contributed by atoms with Crippen LogP contribution in [0.5, 0.6) is 0 Å². The van der Waals surface area contributed by atoms with Gasteiger partial charge in [0.05, 0.1) is 5.69 Å². The number of thiazole rings is 1. The molecule has 1 aromatic carbocycles. The summed E-state index contributed by atoms with van der Waals surface area (Å²) in [7, 11) is 0. The van der Waals surface area contributed by atoms with Crippen molar-refractivity contribution in [2.45, 2.75) is 0 Å². The van der Waals surface area contributed by atoms with Crippen LogP contribution in [0.4, 0.5) is 5.13 Å². The van der Waals surface area contributed by atoms with Crippen LogP contribution in [0, 0.1) is 11.3 Å². The number of carbonyl (C=O) groups excluding carboxylic acids is 1. The molecule has 0 aliphatic rings. The Morgan fingerprint density at radius 3 is 2.72 bits per heavy atom. The maximum absolute atomic E-state index is 12.5. The third-order valence-electron chi connectivity index (χ3n) is 4.02. The zero-order chi connectivity index (χ0) is 20.1. The molecule has 0 fully saturated rings. The van der Waals surface area contributed by atoms with Crippen molar-refractivity contribution < 1.29 is 4.79 Å². The van der Waals surface area contributed by atoms with Crippen LogP contribution in [0.3, 0.4) is 0 Å². The summed E-state index contributed by atoms with van der Waals surface area (Å²) in [5, 5.41) is 19.0. The van der Waals surface area contributed by atoms with E-state index in [-0.39, 0.29) is 5.57 Å². The lowest BCUT2D eigenvalue weighted by Gasteiger charge is -2.01. The molecular weight excluding hydrogens is 384 g/mol. The number of amides is 1. The van der Waals surface area contributed by atoms with E-state index in [1.807, 2.05) is 48.5 Å². The predicted molar refractivity (Wildman–Crippen MR) is 111 cm³/mol. The Bertz CT molecular complexity index is 1190. The Morgan fingerprint density at radius 1 is 1.17 bits per heavy atom. The molecule has 8 heteroatoms. The SMILES string of the molecule is N#CC(=Cc1cn(-c2ccccc2)nc1-c1cccnc1)C(=O)Nc1nccs1. The highest BCUT2D eigenvalue weighted by atomic mass is 32.1. The summed E-state index contributed by atoms with van der Waals surface area (Å²) in [6, 6.07) is 15.3. The first-order chi connectivity index (χ1) is 14.2. The van der Waals surface area contributed by atoms with E-state index in [0.717, 1.165) is 11.3 Å². The number of benzene rings is 1. The van der Waals surface area contributed by atoms with Crippen LogP contribution in [0.25, 0.3) is 23.0 Å². The molecule has 1 N–H and O–H groups in total. The molecule has 0 saturated carbocycles. The number of hydrogen-bond donors (Lipinski definition) is 1. The van der Waals surface area contributed by atoms with Gasteiger partial charge in [0, 0.05) is 41.3 Å². The first-order valence-corrected chi connectivity index (χ1v) is 9.50. The van der Waals surface area contributed by atoms with Gasteiger partial charge in [0.25, 0.3) is 5.91 Å². The topological polar surface area (TPSA) is 96.5 Å². The number of aromatic nitrogens is 4. The number of nitrogens with zero attached hydrogens (tertiary/aromatic N) is 5. The number of hydrogen-bond acceptors (Lipinski definition) is 6. The summed E-state index contributed by atoms with van der Waals surface area (Å²) in [6.07, 6.45) is 8.26. The van der Waals surface area contributed by atoms with Crippen molar-refractivity contribution in [3.63, 3.8) is 0 Å². The molecule has 0 unspecified atom stereocenters. The van der Waals surface area contributed by atoms with Gasteiger partial charge in [0.2, 0.25) is 0 Å². The number of rotatable bonds is 5. The van der Waals surface area contributed by atoms with Crippen LogP contribution in [0.2, 0.25) is 0 Å². The summed E-state index contributed by atoms with van der Waals surface area (Å²) in [5.74, 6) is -0.521. The molecule has 0 atom stereocenters. The first kappa shape index (κ1) is 18.3. The Kier molecular flexibility index (Phi) is 5.23. The Balaban J connectivity index is 1.76. The van der Waals surface area contributed by atoms with Gasteiger partial charge >= 0.3 is 0 Å². The monoisotopic (exact) mass is 398 g/mol. The highest BCUT2D eigenvalue weighted by molar-refractivity contribution is 7.13. The number of para-hydroxylation sites is 1. The minimum atomic E-state index is -0.521. The number of anilines is 1. The van der Waals surface area contributed by atoms with E-state index < -0.39 is 5.91 Å². The van der Waals surface area contributed by atoms with Gasteiger partial charge in [0.15, 0.2) is 5.13 Å². The van der Waals surface area contributed by atoms with Crippen LogP contribution in [0.15, 0.2) is 78.2 Å². The lowest BCUT2D eigenvalue weighted by molar-refractivity contribution is -0.112. The van der Waals surface area contributed by atoms with Crippen molar-refractivity contribution in [2.75, 3.05) is 5.32 Å². The highest BCUT2D eigenvalue weighted by Crippen LogP contribution is 2.25. The maximum Gasteiger partial charge on any atom is 0.268 e. The fourth-order valence-electron chi connectivity index (χ4n) is 2.69. The molecule has 1 amide bonds. The fraction of sp³-hybridized carbons (Fsp3) is 0. The van der Waals surface area contributed by atoms with E-state index in [2.05, 4.69) is 20.4 Å². The standard InChI is InChI=1S/C21H14N6OS/c22-12-16(20(28)25-21-24-9-10-29-21)11-17-14-27(18-6-2-1-3-7-18)26-19(17)15-5-4-8-23-13-15/h1-11,13-14H,(H,24,25,28). The Labute approximate surface area is 170 Å². The molecule has 0 radical (unpaired) electrons. The molecule has 0 bridgehead atoms. The van der Waals surface area contributed by atoms with Crippen molar-refractivity contribution >= 4 is 28.5 Å². The quantitative estimate of drug-likeness (QED) is 0.406. The van der Waals surface area contributed by atoms with Crippen molar-refractivity contribution in [1.29, 1.82) is 5.26 Å². The van der Waals surface area contributed by atoms with Gasteiger partial charge in [-0.25, -0.2) is 9.67 Å². The van der Waals surface area contributed by atoms with E-state index in [1.54, 1.807) is 34.8 Å². The maximum atomic E-state index is 12.5. The molecule has 29 heavy (non-hydrogen) atoms. The fourth-order valence-corrected chi connectivity index (χ4v) is 3.21. The Morgan fingerprint density at radius 2 is 2.03 bits per heavy atom. The van der Waals surface area contributed by atoms with Gasteiger partial charge in [-0.1, -0.05) is 18.2 Å². The van der Waals surface area contributed by atoms with E-state index in [9.17, 15) is 10.1 Å². The normalized spacial score (nSPS) is 11.1. The van der Waals surface area contributed by atoms with E-state index in [1.165, 1.54) is 17.4 Å². The zero-order valence-electron chi connectivity index (χ0n) is 15.1. The second-order valence-corrected chi connectivity index (χ2v) is 6.81. The lowest BCUT2D eigenvalue weighted by atomic mass is 10.1. The second kappa shape index (κ2) is 8.29. The summed E-state index contributed by atoms with van der Waals surface area (Å²) < 4.78 is 1.71. The third kappa shape index (κ3) is 4.10. The van der Waals surface area contributed by atoms with Crippen molar-refractivity contribution in [2.24, 2.45) is 0 Å². The van der Waals surface area contributed by atoms with Crippen molar-refractivity contribution in [3.8, 4) is 23.0 Å². The summed E-state index contributed by atoms with van der Waals surface area (Å²) in [6.45, 7) is 0. The highest BCUT2D eigenvalue weighted by Gasteiger charge is 2.16. The molecule has 140 valence electrons. The smallest absolute Gasteiger partial charge is 0.268 e. The molecule has 7 nitrogen and oxygen atoms in total. The van der Waals surface area contributed by atoms with Crippen LogP contribution in [-0.4, -0.2) is 25.7 Å². The molecule has 0 aliphatic heterocycles. The third-order valence-corrected chi connectivity index (χ3v) is 4.70. The van der Waals surface area contributed by atoms with Crippen LogP contribution in [-0.2, 0) is 4.79 Å². The van der Waals surface area contributed by atoms with Crippen LogP contribution >= 0.6 is 11.3 Å². The van der Waals surface area contributed by atoms with E-state index in [4.69, 9.17) is 0 Å². The van der Waals surface area contributed by atoms with Gasteiger partial charge < -0.3 is 0 Å². The molecule has 0 saturated heterocycles. The summed E-state index contributed by atoms with van der Waals surface area (Å²) >= 11 is 1.28. The molecular formula is C21H14N6OS. The first-order valence-electron chi connectivity index (χ1n) is 8.63.